The summed E-state index contributed by atoms with van der Waals surface area (Å²) in [6, 6.07) is 11.3. The molecule has 3 rings (SSSR count). The first-order valence-corrected chi connectivity index (χ1v) is 8.98. The molecule has 3 aromatic rings. The van der Waals surface area contributed by atoms with Crippen LogP contribution in [0, 0.1) is 9.62 Å². The van der Waals surface area contributed by atoms with E-state index in [4.69, 9.17) is 0 Å². The SMILES string of the molecule is CC(C)C[C@H](NC(=O)c1ccc2[nH]nc(I)c2c1)c1ccccn1. The Kier molecular flexibility index (Phi) is 5.13. The quantitative estimate of drug-likeness (QED) is 0.595. The normalized spacial score (nSPS) is 12.5. The Bertz CT molecular complexity index is 845. The molecule has 0 unspecified atom stereocenters. The lowest BCUT2D eigenvalue weighted by Crippen LogP contribution is -2.30. The molecule has 2 heterocycles. The number of hydrogen-bond acceptors (Lipinski definition) is 3. The number of amides is 1. The van der Waals surface area contributed by atoms with Gasteiger partial charge < -0.3 is 5.32 Å². The average Bonchev–Trinajstić information content (AvgIpc) is 2.95. The van der Waals surface area contributed by atoms with Crippen LogP contribution in [0.1, 0.15) is 42.4 Å². The fourth-order valence-corrected chi connectivity index (χ4v) is 3.24. The Labute approximate surface area is 154 Å². The minimum absolute atomic E-state index is 0.0924. The third kappa shape index (κ3) is 3.75. The number of nitrogens with one attached hydrogen (secondary N) is 2. The number of carbonyl (C=O) groups excluding carboxylic acids is 1. The highest BCUT2D eigenvalue weighted by Crippen LogP contribution is 2.22. The second-order valence-electron chi connectivity index (χ2n) is 6.18. The smallest absolute Gasteiger partial charge is 0.251 e. The summed E-state index contributed by atoms with van der Waals surface area (Å²) in [5.41, 5.74) is 2.45. The van der Waals surface area contributed by atoms with Gasteiger partial charge in [0.1, 0.15) is 3.70 Å². The minimum Gasteiger partial charge on any atom is -0.344 e. The van der Waals surface area contributed by atoms with Crippen molar-refractivity contribution in [1.82, 2.24) is 20.5 Å². The number of fused-ring (bicyclic) bond motifs is 1. The molecule has 2 aromatic heterocycles. The maximum Gasteiger partial charge on any atom is 0.251 e. The van der Waals surface area contributed by atoms with Gasteiger partial charge in [-0.1, -0.05) is 19.9 Å². The van der Waals surface area contributed by atoms with Crippen molar-refractivity contribution in [2.45, 2.75) is 26.3 Å². The molecule has 2 N–H and O–H groups in total. The second kappa shape index (κ2) is 7.29. The molecule has 0 aliphatic carbocycles. The van der Waals surface area contributed by atoms with E-state index in [1.165, 1.54) is 0 Å². The summed E-state index contributed by atoms with van der Waals surface area (Å²) in [4.78, 5) is 17.1. The topological polar surface area (TPSA) is 70.7 Å². The highest BCUT2D eigenvalue weighted by molar-refractivity contribution is 14.1. The van der Waals surface area contributed by atoms with Gasteiger partial charge >= 0.3 is 0 Å². The summed E-state index contributed by atoms with van der Waals surface area (Å²) in [5.74, 6) is 0.361. The van der Waals surface area contributed by atoms with Crippen molar-refractivity contribution in [3.05, 3.63) is 57.6 Å². The molecule has 5 nitrogen and oxygen atoms in total. The van der Waals surface area contributed by atoms with Crippen LogP contribution in [0.5, 0.6) is 0 Å². The van der Waals surface area contributed by atoms with E-state index in [-0.39, 0.29) is 11.9 Å². The molecule has 0 saturated heterocycles. The van der Waals surface area contributed by atoms with Crippen LogP contribution < -0.4 is 5.32 Å². The lowest BCUT2D eigenvalue weighted by atomic mass is 10.00. The molecule has 0 fully saturated rings. The molecular formula is C18H19IN4O. The standard InChI is InChI=1S/C18H19IN4O/c1-11(2)9-16(15-5-3-4-8-20-15)21-18(24)12-6-7-14-13(10-12)17(19)23-22-14/h3-8,10-11,16H,9H2,1-2H3,(H,21,24)(H,22,23)/t16-/m0/s1. The van der Waals surface area contributed by atoms with Crippen LogP contribution in [0.25, 0.3) is 10.9 Å². The maximum absolute atomic E-state index is 12.7. The summed E-state index contributed by atoms with van der Waals surface area (Å²) in [7, 11) is 0. The molecule has 124 valence electrons. The number of aromatic amines is 1. The molecule has 0 bridgehead atoms. The summed E-state index contributed by atoms with van der Waals surface area (Å²) >= 11 is 2.16. The lowest BCUT2D eigenvalue weighted by Gasteiger charge is -2.20. The number of hydrogen-bond donors (Lipinski definition) is 2. The van der Waals surface area contributed by atoms with Crippen molar-refractivity contribution in [2.24, 2.45) is 5.92 Å². The van der Waals surface area contributed by atoms with Crippen molar-refractivity contribution in [3.63, 3.8) is 0 Å². The molecule has 0 aliphatic heterocycles. The monoisotopic (exact) mass is 434 g/mol. The van der Waals surface area contributed by atoms with Gasteiger partial charge in [-0.3, -0.25) is 14.9 Å². The zero-order chi connectivity index (χ0) is 17.1. The van der Waals surface area contributed by atoms with Gasteiger partial charge in [0.05, 0.1) is 17.3 Å². The Morgan fingerprint density at radius 3 is 2.83 bits per heavy atom. The summed E-state index contributed by atoms with van der Waals surface area (Å²) in [5, 5.41) is 11.2. The van der Waals surface area contributed by atoms with Gasteiger partial charge in [0, 0.05) is 17.1 Å². The van der Waals surface area contributed by atoms with Gasteiger partial charge in [0.2, 0.25) is 0 Å². The molecule has 1 atom stereocenters. The molecule has 0 radical (unpaired) electrons. The predicted octanol–water partition coefficient (Wildman–Crippen LogP) is 4.08. The van der Waals surface area contributed by atoms with Crippen molar-refractivity contribution in [3.8, 4) is 0 Å². The Balaban J connectivity index is 1.85. The Morgan fingerprint density at radius 1 is 1.29 bits per heavy atom. The number of halogens is 1. The zero-order valence-electron chi connectivity index (χ0n) is 13.6. The summed E-state index contributed by atoms with van der Waals surface area (Å²) in [6.45, 7) is 4.28. The second-order valence-corrected chi connectivity index (χ2v) is 7.21. The summed E-state index contributed by atoms with van der Waals surface area (Å²) < 4.78 is 0.862. The zero-order valence-corrected chi connectivity index (χ0v) is 15.7. The first-order chi connectivity index (χ1) is 11.5. The van der Waals surface area contributed by atoms with Crippen molar-refractivity contribution in [2.75, 3.05) is 0 Å². The number of carbonyl (C=O) groups is 1. The van der Waals surface area contributed by atoms with E-state index in [2.05, 4.69) is 56.9 Å². The molecule has 6 heteroatoms. The molecule has 1 amide bonds. The average molecular weight is 434 g/mol. The molecule has 0 saturated carbocycles. The summed E-state index contributed by atoms with van der Waals surface area (Å²) in [6.07, 6.45) is 2.60. The van der Waals surface area contributed by atoms with E-state index >= 15 is 0 Å². The molecule has 1 aromatic carbocycles. The number of benzene rings is 1. The fraction of sp³-hybridized carbons (Fsp3) is 0.278. The number of H-pyrrole nitrogens is 1. The number of rotatable bonds is 5. The highest BCUT2D eigenvalue weighted by atomic mass is 127. The van der Waals surface area contributed by atoms with Crippen LogP contribution in [0.4, 0.5) is 0 Å². The lowest BCUT2D eigenvalue weighted by molar-refractivity contribution is 0.0931. The van der Waals surface area contributed by atoms with Gasteiger partial charge in [0.15, 0.2) is 0 Å². The van der Waals surface area contributed by atoms with E-state index in [1.807, 2.05) is 36.4 Å². The van der Waals surface area contributed by atoms with E-state index in [0.29, 0.717) is 11.5 Å². The number of pyridine rings is 1. The van der Waals surface area contributed by atoms with Crippen LogP contribution in [0.15, 0.2) is 42.6 Å². The third-order valence-corrected chi connectivity index (χ3v) is 4.66. The van der Waals surface area contributed by atoms with Crippen LogP contribution in [-0.2, 0) is 0 Å². The van der Waals surface area contributed by atoms with Gasteiger partial charge in [-0.15, -0.1) is 0 Å². The van der Waals surface area contributed by atoms with Crippen LogP contribution in [0.2, 0.25) is 0 Å². The number of aromatic nitrogens is 3. The molecular weight excluding hydrogens is 415 g/mol. The third-order valence-electron chi connectivity index (χ3n) is 3.84. The van der Waals surface area contributed by atoms with Gasteiger partial charge in [0.25, 0.3) is 5.91 Å². The van der Waals surface area contributed by atoms with Gasteiger partial charge in [-0.05, 0) is 65.3 Å². The van der Waals surface area contributed by atoms with E-state index < -0.39 is 0 Å². The molecule has 0 aliphatic rings. The maximum atomic E-state index is 12.7. The predicted molar refractivity (Wildman–Crippen MR) is 103 cm³/mol. The van der Waals surface area contributed by atoms with Crippen molar-refractivity contribution < 1.29 is 4.79 Å². The first-order valence-electron chi connectivity index (χ1n) is 7.90. The largest absolute Gasteiger partial charge is 0.344 e. The minimum atomic E-state index is -0.0992. The van der Waals surface area contributed by atoms with Crippen LogP contribution >= 0.6 is 22.6 Å². The van der Waals surface area contributed by atoms with E-state index in [0.717, 1.165) is 26.7 Å². The number of nitrogens with zero attached hydrogens (tertiary/aromatic N) is 2. The highest BCUT2D eigenvalue weighted by Gasteiger charge is 2.18. The first kappa shape index (κ1) is 16.9. The van der Waals surface area contributed by atoms with E-state index in [1.54, 1.807) is 6.20 Å². The van der Waals surface area contributed by atoms with Gasteiger partial charge in [-0.2, -0.15) is 5.10 Å². The van der Waals surface area contributed by atoms with Gasteiger partial charge in [-0.25, -0.2) is 0 Å². The van der Waals surface area contributed by atoms with Crippen LogP contribution in [-0.4, -0.2) is 21.1 Å². The Morgan fingerprint density at radius 2 is 2.12 bits per heavy atom. The molecule has 0 spiro atoms. The molecule has 24 heavy (non-hydrogen) atoms. The van der Waals surface area contributed by atoms with Crippen LogP contribution in [0.3, 0.4) is 0 Å². The van der Waals surface area contributed by atoms with Crippen molar-refractivity contribution in [1.29, 1.82) is 0 Å². The van der Waals surface area contributed by atoms with Crippen molar-refractivity contribution >= 4 is 39.4 Å². The Hall–Kier alpha value is -1.96. The fourth-order valence-electron chi connectivity index (χ4n) is 2.67. The van der Waals surface area contributed by atoms with E-state index in [9.17, 15) is 4.79 Å².